The number of hydrogen-bond donors (Lipinski definition) is 1. The third-order valence-electron chi connectivity index (χ3n) is 4.16. The Hall–Kier alpha value is -3.62. The third-order valence-corrected chi connectivity index (χ3v) is 4.16. The molecule has 0 aliphatic rings. The van der Waals surface area contributed by atoms with Crippen molar-refractivity contribution in [3.8, 4) is 5.75 Å². The zero-order valence-electron chi connectivity index (χ0n) is 16.9. The highest BCUT2D eigenvalue weighted by Gasteiger charge is 2.23. The lowest BCUT2D eigenvalue weighted by atomic mass is 10.1. The highest BCUT2D eigenvalue weighted by atomic mass is 16.6. The van der Waals surface area contributed by atoms with Gasteiger partial charge in [-0.1, -0.05) is 6.07 Å². The predicted molar refractivity (Wildman–Crippen MR) is 109 cm³/mol. The van der Waals surface area contributed by atoms with Crippen molar-refractivity contribution in [1.29, 1.82) is 0 Å². The van der Waals surface area contributed by atoms with Gasteiger partial charge in [0, 0.05) is 20.2 Å². The number of aryl methyl sites for hydroxylation is 1. The Kier molecular flexibility index (Phi) is 6.76. The molecule has 0 heterocycles. The van der Waals surface area contributed by atoms with Crippen LogP contribution < -0.4 is 15.0 Å². The van der Waals surface area contributed by atoms with Crippen LogP contribution in [0.4, 0.5) is 17.1 Å². The zero-order valence-corrected chi connectivity index (χ0v) is 16.9. The second-order valence-electron chi connectivity index (χ2n) is 6.60. The zero-order chi connectivity index (χ0) is 21.7. The minimum Gasteiger partial charge on any atom is -0.495 e. The Balaban J connectivity index is 2.14. The number of carbonyl (C=O) groups is 2. The molecule has 9 nitrogen and oxygen atoms in total. The molecule has 0 bridgehead atoms. The van der Waals surface area contributed by atoms with Crippen LogP contribution in [-0.2, 0) is 9.53 Å². The first-order valence-electron chi connectivity index (χ1n) is 8.76. The topological polar surface area (TPSA) is 111 Å². The number of ether oxygens (including phenoxy) is 2. The van der Waals surface area contributed by atoms with Gasteiger partial charge in [0.25, 0.3) is 11.6 Å². The molecule has 0 aromatic heterocycles. The maximum Gasteiger partial charge on any atom is 0.339 e. The number of methoxy groups -OCH3 is 1. The molecule has 1 unspecified atom stereocenters. The van der Waals surface area contributed by atoms with Crippen LogP contribution in [0.25, 0.3) is 0 Å². The van der Waals surface area contributed by atoms with Crippen LogP contribution in [0.3, 0.4) is 0 Å². The van der Waals surface area contributed by atoms with Crippen LogP contribution in [-0.4, -0.2) is 44.1 Å². The molecule has 0 radical (unpaired) electrons. The predicted octanol–water partition coefficient (Wildman–Crippen LogP) is 3.16. The van der Waals surface area contributed by atoms with Crippen LogP contribution in [0, 0.1) is 17.0 Å². The Morgan fingerprint density at radius 1 is 1.17 bits per heavy atom. The lowest BCUT2D eigenvalue weighted by Crippen LogP contribution is -2.30. The van der Waals surface area contributed by atoms with Gasteiger partial charge in [0.05, 0.1) is 23.3 Å². The second kappa shape index (κ2) is 9.05. The fourth-order valence-electron chi connectivity index (χ4n) is 2.61. The van der Waals surface area contributed by atoms with Gasteiger partial charge in [-0.05, 0) is 43.7 Å². The van der Waals surface area contributed by atoms with Gasteiger partial charge >= 0.3 is 5.97 Å². The Labute approximate surface area is 168 Å². The van der Waals surface area contributed by atoms with Crippen molar-refractivity contribution >= 4 is 28.9 Å². The monoisotopic (exact) mass is 401 g/mol. The number of anilines is 2. The van der Waals surface area contributed by atoms with Gasteiger partial charge in [-0.3, -0.25) is 14.9 Å². The maximum atomic E-state index is 12.4. The lowest BCUT2D eigenvalue weighted by Gasteiger charge is -2.16. The molecule has 2 aromatic rings. The lowest BCUT2D eigenvalue weighted by molar-refractivity contribution is -0.384. The van der Waals surface area contributed by atoms with Crippen LogP contribution >= 0.6 is 0 Å². The molecule has 0 saturated heterocycles. The maximum absolute atomic E-state index is 12.4. The minimum atomic E-state index is -1.12. The number of nitro benzene ring substituents is 1. The number of nitrogens with one attached hydrogen (secondary N) is 1. The first kappa shape index (κ1) is 21.7. The van der Waals surface area contributed by atoms with E-state index >= 15 is 0 Å². The molecule has 1 N–H and O–H groups in total. The number of nitrogens with zero attached hydrogens (tertiary/aromatic N) is 2. The quantitative estimate of drug-likeness (QED) is 0.431. The van der Waals surface area contributed by atoms with Crippen LogP contribution in [0.2, 0.25) is 0 Å². The van der Waals surface area contributed by atoms with Gasteiger partial charge in [-0.25, -0.2) is 4.79 Å². The van der Waals surface area contributed by atoms with Crippen LogP contribution in [0.1, 0.15) is 22.8 Å². The number of benzene rings is 2. The summed E-state index contributed by atoms with van der Waals surface area (Å²) in [7, 11) is 4.80. The molecule has 9 heteroatoms. The molecule has 0 aliphatic carbocycles. The summed E-state index contributed by atoms with van der Waals surface area (Å²) in [4.78, 5) is 37.1. The smallest absolute Gasteiger partial charge is 0.339 e. The number of nitro groups is 1. The summed E-state index contributed by atoms with van der Waals surface area (Å²) in [5.74, 6) is -0.920. The molecule has 2 aromatic carbocycles. The molecule has 0 fully saturated rings. The minimum absolute atomic E-state index is 0.0184. The Bertz CT molecular complexity index is 942. The van der Waals surface area contributed by atoms with E-state index in [1.807, 2.05) is 13.0 Å². The van der Waals surface area contributed by atoms with E-state index in [9.17, 15) is 19.7 Å². The highest BCUT2D eigenvalue weighted by molar-refractivity contribution is 5.98. The first-order chi connectivity index (χ1) is 13.6. The summed E-state index contributed by atoms with van der Waals surface area (Å²) in [5.41, 5.74) is 1.47. The summed E-state index contributed by atoms with van der Waals surface area (Å²) in [6, 6.07) is 9.28. The van der Waals surface area contributed by atoms with Crippen molar-refractivity contribution in [3.05, 3.63) is 57.6 Å². The van der Waals surface area contributed by atoms with E-state index in [2.05, 4.69) is 5.32 Å². The van der Waals surface area contributed by atoms with E-state index in [1.165, 1.54) is 26.2 Å². The molecule has 0 spiro atoms. The fraction of sp³-hybridized carbons (Fsp3) is 0.300. The van der Waals surface area contributed by atoms with E-state index in [0.717, 1.165) is 11.6 Å². The number of hydrogen-bond acceptors (Lipinski definition) is 7. The van der Waals surface area contributed by atoms with Gasteiger partial charge < -0.3 is 19.7 Å². The summed E-state index contributed by atoms with van der Waals surface area (Å²) < 4.78 is 10.4. The van der Waals surface area contributed by atoms with E-state index in [0.29, 0.717) is 17.1 Å². The second-order valence-corrected chi connectivity index (χ2v) is 6.60. The molecule has 0 aliphatic heterocycles. The summed E-state index contributed by atoms with van der Waals surface area (Å²) in [6.07, 6.45) is -1.12. The fourth-order valence-corrected chi connectivity index (χ4v) is 2.61. The molecule has 1 amide bonds. The molecular weight excluding hydrogens is 378 g/mol. The van der Waals surface area contributed by atoms with Gasteiger partial charge in [0.2, 0.25) is 0 Å². The summed E-state index contributed by atoms with van der Waals surface area (Å²) >= 11 is 0. The van der Waals surface area contributed by atoms with Gasteiger partial charge in [-0.2, -0.15) is 0 Å². The number of rotatable bonds is 7. The normalized spacial score (nSPS) is 11.3. The first-order valence-corrected chi connectivity index (χ1v) is 8.76. The highest BCUT2D eigenvalue weighted by Crippen LogP contribution is 2.28. The van der Waals surface area contributed by atoms with Crippen molar-refractivity contribution in [2.45, 2.75) is 20.0 Å². The van der Waals surface area contributed by atoms with Crippen molar-refractivity contribution in [3.63, 3.8) is 0 Å². The Morgan fingerprint density at radius 3 is 2.45 bits per heavy atom. The average molecular weight is 401 g/mol. The van der Waals surface area contributed by atoms with E-state index in [1.54, 1.807) is 31.1 Å². The largest absolute Gasteiger partial charge is 0.495 e. The van der Waals surface area contributed by atoms with Crippen molar-refractivity contribution in [2.75, 3.05) is 31.4 Å². The Morgan fingerprint density at radius 2 is 1.86 bits per heavy atom. The number of esters is 1. The van der Waals surface area contributed by atoms with Crippen LogP contribution in [0.5, 0.6) is 5.75 Å². The molecule has 154 valence electrons. The van der Waals surface area contributed by atoms with Crippen molar-refractivity contribution in [2.24, 2.45) is 0 Å². The molecule has 1 atom stereocenters. The van der Waals surface area contributed by atoms with Gasteiger partial charge in [-0.15, -0.1) is 0 Å². The number of carbonyl (C=O) groups excluding carboxylic acids is 2. The van der Waals surface area contributed by atoms with E-state index < -0.39 is 22.9 Å². The molecule has 0 saturated carbocycles. The third kappa shape index (κ3) is 5.22. The molecular formula is C20H23N3O6. The van der Waals surface area contributed by atoms with Crippen molar-refractivity contribution < 1.29 is 24.0 Å². The number of amides is 1. The standard InChI is InChI=1S/C20H23N3O6/c1-12-6-9-18(28-5)15(10-12)21-19(24)13(2)29-20(25)14-7-8-16(22(3)4)17(11-14)23(26)27/h6-11,13H,1-5H3,(H,21,24). The van der Waals surface area contributed by atoms with E-state index in [-0.39, 0.29) is 11.3 Å². The van der Waals surface area contributed by atoms with Crippen molar-refractivity contribution in [1.82, 2.24) is 0 Å². The molecule has 29 heavy (non-hydrogen) atoms. The average Bonchev–Trinajstić information content (AvgIpc) is 2.67. The van der Waals surface area contributed by atoms with E-state index in [4.69, 9.17) is 9.47 Å². The van der Waals surface area contributed by atoms with Crippen LogP contribution in [0.15, 0.2) is 36.4 Å². The SMILES string of the molecule is COc1ccc(C)cc1NC(=O)C(C)OC(=O)c1ccc(N(C)C)c([N+](=O)[O-])c1. The molecule has 2 rings (SSSR count). The van der Waals surface area contributed by atoms with Gasteiger partial charge in [0.1, 0.15) is 11.4 Å². The van der Waals surface area contributed by atoms with Gasteiger partial charge in [0.15, 0.2) is 6.10 Å². The summed E-state index contributed by atoms with van der Waals surface area (Å²) in [5, 5.41) is 13.9. The summed E-state index contributed by atoms with van der Waals surface area (Å²) in [6.45, 7) is 3.28.